The first kappa shape index (κ1) is 9.52. The van der Waals surface area contributed by atoms with Gasteiger partial charge in [-0.15, -0.1) is 0 Å². The molecule has 0 radical (unpaired) electrons. The Hall–Kier alpha value is -1.57. The molecule has 0 aliphatic heterocycles. The smallest absolute Gasteiger partial charge is 0.244 e. The van der Waals surface area contributed by atoms with Crippen LogP contribution in [0.5, 0.6) is 0 Å². The van der Waals surface area contributed by atoms with E-state index >= 15 is 0 Å². The maximum absolute atomic E-state index is 10.7. The Morgan fingerprint density at radius 3 is 2.38 bits per heavy atom. The lowest BCUT2D eigenvalue weighted by Crippen LogP contribution is -2.14. The molecule has 0 atom stereocenters. The van der Waals surface area contributed by atoms with Crippen molar-refractivity contribution >= 4 is 5.91 Å². The minimum absolute atomic E-state index is 0.430. The van der Waals surface area contributed by atoms with Gasteiger partial charge in [-0.3, -0.25) is 4.79 Å². The molecule has 0 bridgehead atoms. The molecule has 2 nitrogen and oxygen atoms in total. The molecule has 0 saturated carbocycles. The van der Waals surface area contributed by atoms with Crippen LogP contribution < -0.4 is 5.73 Å². The molecule has 1 rings (SSSR count). The van der Waals surface area contributed by atoms with E-state index in [9.17, 15) is 4.79 Å². The SMILES string of the molecule is C=C(Cc1ccc(C)cc1)C(N)=O. The summed E-state index contributed by atoms with van der Waals surface area (Å²) in [7, 11) is 0. The van der Waals surface area contributed by atoms with Crippen molar-refractivity contribution in [2.24, 2.45) is 5.73 Å². The molecule has 1 amide bonds. The Balaban J connectivity index is 2.70. The highest BCUT2D eigenvalue weighted by molar-refractivity contribution is 5.91. The normalized spacial score (nSPS) is 9.62. The summed E-state index contributed by atoms with van der Waals surface area (Å²) in [5, 5.41) is 0. The maximum atomic E-state index is 10.7. The number of nitrogens with two attached hydrogens (primary N) is 1. The highest BCUT2D eigenvalue weighted by Gasteiger charge is 2.01. The zero-order chi connectivity index (χ0) is 9.84. The number of rotatable bonds is 3. The summed E-state index contributed by atoms with van der Waals surface area (Å²) < 4.78 is 0. The van der Waals surface area contributed by atoms with Crippen molar-refractivity contribution in [1.82, 2.24) is 0 Å². The van der Waals surface area contributed by atoms with E-state index in [0.29, 0.717) is 12.0 Å². The van der Waals surface area contributed by atoms with Gasteiger partial charge in [-0.1, -0.05) is 36.4 Å². The van der Waals surface area contributed by atoms with Crippen molar-refractivity contribution in [3.8, 4) is 0 Å². The Morgan fingerprint density at radius 1 is 1.38 bits per heavy atom. The van der Waals surface area contributed by atoms with Crippen LogP contribution in [-0.4, -0.2) is 5.91 Å². The van der Waals surface area contributed by atoms with Crippen LogP contribution >= 0.6 is 0 Å². The van der Waals surface area contributed by atoms with Crippen LogP contribution in [0.2, 0.25) is 0 Å². The largest absolute Gasteiger partial charge is 0.366 e. The van der Waals surface area contributed by atoms with E-state index in [1.807, 2.05) is 31.2 Å². The number of hydrogen-bond donors (Lipinski definition) is 1. The molecule has 2 N–H and O–H groups in total. The molecule has 13 heavy (non-hydrogen) atoms. The molecular weight excluding hydrogens is 162 g/mol. The summed E-state index contributed by atoms with van der Waals surface area (Å²) in [5.74, 6) is -0.430. The average molecular weight is 175 g/mol. The van der Waals surface area contributed by atoms with Crippen molar-refractivity contribution in [2.45, 2.75) is 13.3 Å². The molecule has 0 spiro atoms. The summed E-state index contributed by atoms with van der Waals surface area (Å²) >= 11 is 0. The quantitative estimate of drug-likeness (QED) is 0.696. The summed E-state index contributed by atoms with van der Waals surface area (Å²) in [4.78, 5) is 10.7. The number of primary amides is 1. The molecule has 0 fully saturated rings. The van der Waals surface area contributed by atoms with Crippen molar-refractivity contribution in [2.75, 3.05) is 0 Å². The minimum Gasteiger partial charge on any atom is -0.366 e. The van der Waals surface area contributed by atoms with Gasteiger partial charge >= 0.3 is 0 Å². The highest BCUT2D eigenvalue weighted by Crippen LogP contribution is 2.07. The van der Waals surface area contributed by atoms with Gasteiger partial charge in [-0.05, 0) is 12.5 Å². The lowest BCUT2D eigenvalue weighted by molar-refractivity contribution is -0.114. The van der Waals surface area contributed by atoms with Gasteiger partial charge in [0.25, 0.3) is 0 Å². The van der Waals surface area contributed by atoms with E-state index in [4.69, 9.17) is 5.73 Å². The monoisotopic (exact) mass is 175 g/mol. The van der Waals surface area contributed by atoms with E-state index in [1.165, 1.54) is 5.56 Å². The second-order valence-corrected chi connectivity index (χ2v) is 3.13. The summed E-state index contributed by atoms with van der Waals surface area (Å²) in [6, 6.07) is 7.96. The molecule has 0 aliphatic carbocycles. The third-order valence-corrected chi connectivity index (χ3v) is 1.89. The minimum atomic E-state index is -0.430. The molecule has 0 saturated heterocycles. The summed E-state index contributed by atoms with van der Waals surface area (Å²) in [6.07, 6.45) is 0.537. The van der Waals surface area contributed by atoms with Gasteiger partial charge < -0.3 is 5.73 Å². The van der Waals surface area contributed by atoms with E-state index in [-0.39, 0.29) is 0 Å². The van der Waals surface area contributed by atoms with Crippen LogP contribution in [-0.2, 0) is 11.2 Å². The molecular formula is C11H13NO. The van der Waals surface area contributed by atoms with Crippen molar-refractivity contribution < 1.29 is 4.79 Å². The standard InChI is InChI=1S/C11H13NO/c1-8-3-5-10(6-4-8)7-9(2)11(12)13/h3-6H,2,7H2,1H3,(H2,12,13). The first-order valence-corrected chi connectivity index (χ1v) is 4.12. The Morgan fingerprint density at radius 2 is 1.92 bits per heavy atom. The fourth-order valence-corrected chi connectivity index (χ4v) is 1.04. The highest BCUT2D eigenvalue weighted by atomic mass is 16.1. The van der Waals surface area contributed by atoms with Gasteiger partial charge in [0.1, 0.15) is 0 Å². The number of hydrogen-bond acceptors (Lipinski definition) is 1. The van der Waals surface area contributed by atoms with Crippen LogP contribution in [0.25, 0.3) is 0 Å². The lowest BCUT2D eigenvalue weighted by atomic mass is 10.0. The van der Waals surface area contributed by atoms with Crippen molar-refractivity contribution in [1.29, 1.82) is 0 Å². The second kappa shape index (κ2) is 3.90. The molecule has 68 valence electrons. The van der Waals surface area contributed by atoms with Gasteiger partial charge in [0.2, 0.25) is 5.91 Å². The molecule has 0 aromatic heterocycles. The Kier molecular flexibility index (Phi) is 2.85. The van der Waals surface area contributed by atoms with Gasteiger partial charge in [-0.2, -0.15) is 0 Å². The maximum Gasteiger partial charge on any atom is 0.244 e. The van der Waals surface area contributed by atoms with Crippen LogP contribution in [0.1, 0.15) is 11.1 Å². The second-order valence-electron chi connectivity index (χ2n) is 3.13. The molecule has 0 heterocycles. The summed E-state index contributed by atoms with van der Waals surface area (Å²) in [6.45, 7) is 5.62. The van der Waals surface area contributed by atoms with Crippen LogP contribution in [0.3, 0.4) is 0 Å². The first-order chi connectivity index (χ1) is 6.09. The number of amides is 1. The number of benzene rings is 1. The Labute approximate surface area is 78.1 Å². The molecule has 1 aromatic rings. The van der Waals surface area contributed by atoms with Gasteiger partial charge in [-0.25, -0.2) is 0 Å². The van der Waals surface area contributed by atoms with Gasteiger partial charge in [0.15, 0.2) is 0 Å². The predicted octanol–water partition coefficient (Wildman–Crippen LogP) is 1.58. The molecule has 1 aromatic carbocycles. The van der Waals surface area contributed by atoms with Gasteiger partial charge in [0, 0.05) is 12.0 Å². The van der Waals surface area contributed by atoms with Crippen molar-refractivity contribution in [3.05, 3.63) is 47.5 Å². The van der Waals surface area contributed by atoms with E-state index in [0.717, 1.165) is 5.56 Å². The van der Waals surface area contributed by atoms with Crippen molar-refractivity contribution in [3.63, 3.8) is 0 Å². The first-order valence-electron chi connectivity index (χ1n) is 4.12. The zero-order valence-corrected chi connectivity index (χ0v) is 7.71. The zero-order valence-electron chi connectivity index (χ0n) is 7.71. The number of carbonyl (C=O) groups excluding carboxylic acids is 1. The topological polar surface area (TPSA) is 43.1 Å². The number of aryl methyl sites for hydroxylation is 1. The fourth-order valence-electron chi connectivity index (χ4n) is 1.04. The Bertz CT molecular complexity index is 324. The molecule has 2 heteroatoms. The van der Waals surface area contributed by atoms with E-state index < -0.39 is 5.91 Å². The molecule has 0 unspecified atom stereocenters. The third kappa shape index (κ3) is 2.75. The lowest BCUT2D eigenvalue weighted by Gasteiger charge is -2.01. The van der Waals surface area contributed by atoms with Crippen LogP contribution in [0.15, 0.2) is 36.4 Å². The van der Waals surface area contributed by atoms with E-state index in [1.54, 1.807) is 0 Å². The van der Waals surface area contributed by atoms with Gasteiger partial charge in [0.05, 0.1) is 0 Å². The van der Waals surface area contributed by atoms with Crippen LogP contribution in [0.4, 0.5) is 0 Å². The summed E-state index contributed by atoms with van der Waals surface area (Å²) in [5.41, 5.74) is 7.79. The fraction of sp³-hybridized carbons (Fsp3) is 0.182. The predicted molar refractivity (Wildman–Crippen MR) is 53.2 cm³/mol. The average Bonchev–Trinajstić information content (AvgIpc) is 2.08. The number of carbonyl (C=O) groups is 1. The molecule has 0 aliphatic rings. The van der Waals surface area contributed by atoms with Crippen LogP contribution in [0, 0.1) is 6.92 Å². The van der Waals surface area contributed by atoms with E-state index in [2.05, 4.69) is 6.58 Å². The third-order valence-electron chi connectivity index (χ3n) is 1.89.